The van der Waals surface area contributed by atoms with Crippen molar-refractivity contribution in [2.45, 2.75) is 0 Å². The Hall–Kier alpha value is -2.44. The van der Waals surface area contributed by atoms with Crippen molar-refractivity contribution >= 4 is 46.0 Å². The minimum Gasteiger partial charge on any atom is -0.488 e. The van der Waals surface area contributed by atoms with Crippen molar-refractivity contribution in [2.75, 3.05) is 11.5 Å². The number of halogens is 1. The van der Waals surface area contributed by atoms with Gasteiger partial charge in [-0.1, -0.05) is 54.3 Å². The molecule has 3 nitrogen and oxygen atoms in total. The van der Waals surface area contributed by atoms with Crippen LogP contribution in [0.15, 0.2) is 65.1 Å². The Morgan fingerprint density at radius 3 is 2.76 bits per heavy atom. The first kappa shape index (κ1) is 16.1. The minimum atomic E-state index is -0.478. The molecule has 0 unspecified atom stereocenters. The smallest absolute Gasteiger partial charge is 0.270 e. The van der Waals surface area contributed by atoms with Crippen LogP contribution in [0.1, 0.15) is 5.56 Å². The maximum Gasteiger partial charge on any atom is 0.270 e. The van der Waals surface area contributed by atoms with Gasteiger partial charge in [-0.2, -0.15) is 0 Å². The van der Waals surface area contributed by atoms with E-state index in [1.165, 1.54) is 22.7 Å². The molecule has 0 spiro atoms. The van der Waals surface area contributed by atoms with Gasteiger partial charge in [-0.15, -0.1) is 0 Å². The quantitative estimate of drug-likeness (QED) is 0.574. The van der Waals surface area contributed by atoms with E-state index >= 15 is 0 Å². The van der Waals surface area contributed by atoms with Gasteiger partial charge in [0.1, 0.15) is 18.2 Å². The van der Waals surface area contributed by atoms with Crippen LogP contribution in [0.4, 0.5) is 10.1 Å². The maximum absolute atomic E-state index is 14.0. The SMILES string of the molecule is O=C1/C(=C\C2=Cc3ccccc3OC2)SC(=S)N1c1ccccc1F. The number of rotatable bonds is 2. The average molecular weight is 369 g/mol. The monoisotopic (exact) mass is 369 g/mol. The van der Waals surface area contributed by atoms with Crippen LogP contribution < -0.4 is 9.64 Å². The molecule has 6 heteroatoms. The molecule has 2 heterocycles. The van der Waals surface area contributed by atoms with E-state index in [-0.39, 0.29) is 11.6 Å². The first-order valence-corrected chi connectivity index (χ1v) is 8.81. The third-order valence-electron chi connectivity index (χ3n) is 3.86. The summed E-state index contributed by atoms with van der Waals surface area (Å²) in [4.78, 5) is 14.4. The number of anilines is 1. The number of thiocarbonyl (C=S) groups is 1. The Labute approximate surface area is 153 Å². The molecule has 1 amide bonds. The molecular formula is C19H12FNO2S2. The molecule has 124 valence electrons. The van der Waals surface area contributed by atoms with Gasteiger partial charge >= 0.3 is 0 Å². The Balaban J connectivity index is 1.66. The number of carbonyl (C=O) groups is 1. The molecule has 4 rings (SSSR count). The van der Waals surface area contributed by atoms with Crippen molar-refractivity contribution in [1.29, 1.82) is 0 Å². The highest BCUT2D eigenvalue weighted by Crippen LogP contribution is 2.37. The topological polar surface area (TPSA) is 29.5 Å². The lowest BCUT2D eigenvalue weighted by molar-refractivity contribution is -0.113. The number of para-hydroxylation sites is 2. The van der Waals surface area contributed by atoms with Crippen molar-refractivity contribution in [1.82, 2.24) is 0 Å². The molecule has 0 N–H and O–H groups in total. The first-order chi connectivity index (χ1) is 12.1. The predicted molar refractivity (Wildman–Crippen MR) is 102 cm³/mol. The molecule has 25 heavy (non-hydrogen) atoms. The number of thioether (sulfide) groups is 1. The molecule has 2 aromatic carbocycles. The van der Waals surface area contributed by atoms with Crippen molar-refractivity contribution in [3.05, 3.63) is 76.5 Å². The third-order valence-corrected chi connectivity index (χ3v) is 5.16. The molecule has 0 bridgehead atoms. The van der Waals surface area contributed by atoms with Gasteiger partial charge in [-0.05, 0) is 35.9 Å². The molecular weight excluding hydrogens is 357 g/mol. The van der Waals surface area contributed by atoms with E-state index in [0.29, 0.717) is 15.8 Å². The zero-order valence-corrected chi connectivity index (χ0v) is 14.6. The number of hydrogen-bond donors (Lipinski definition) is 0. The Morgan fingerprint density at radius 1 is 1.16 bits per heavy atom. The van der Waals surface area contributed by atoms with E-state index in [9.17, 15) is 9.18 Å². The zero-order valence-electron chi connectivity index (χ0n) is 12.9. The number of fused-ring (bicyclic) bond motifs is 1. The van der Waals surface area contributed by atoms with E-state index in [2.05, 4.69) is 0 Å². The van der Waals surface area contributed by atoms with E-state index in [1.807, 2.05) is 30.3 Å². The van der Waals surface area contributed by atoms with Crippen LogP contribution in [-0.4, -0.2) is 16.8 Å². The largest absolute Gasteiger partial charge is 0.488 e. The molecule has 2 aliphatic rings. The second-order valence-corrected chi connectivity index (χ2v) is 7.19. The highest BCUT2D eigenvalue weighted by atomic mass is 32.2. The van der Waals surface area contributed by atoms with Crippen LogP contribution in [0.2, 0.25) is 0 Å². The summed E-state index contributed by atoms with van der Waals surface area (Å²) in [6, 6.07) is 13.8. The second-order valence-electron chi connectivity index (χ2n) is 5.51. The third kappa shape index (κ3) is 2.99. The van der Waals surface area contributed by atoms with Crippen molar-refractivity contribution in [3.63, 3.8) is 0 Å². The van der Waals surface area contributed by atoms with Crippen LogP contribution in [-0.2, 0) is 4.79 Å². The van der Waals surface area contributed by atoms with Gasteiger partial charge in [0.2, 0.25) is 0 Å². The summed E-state index contributed by atoms with van der Waals surface area (Å²) in [5.74, 6) is 0.0209. The van der Waals surface area contributed by atoms with Crippen molar-refractivity contribution in [3.8, 4) is 5.75 Å². The van der Waals surface area contributed by atoms with Gasteiger partial charge < -0.3 is 4.74 Å². The molecule has 0 saturated carbocycles. The Kier molecular flexibility index (Phi) is 4.15. The molecule has 2 aromatic rings. The summed E-state index contributed by atoms with van der Waals surface area (Å²) in [5.41, 5.74) is 2.00. The van der Waals surface area contributed by atoms with Crippen LogP contribution >= 0.6 is 24.0 Å². The molecule has 0 aliphatic carbocycles. The fourth-order valence-electron chi connectivity index (χ4n) is 2.69. The highest BCUT2D eigenvalue weighted by molar-refractivity contribution is 8.27. The lowest BCUT2D eigenvalue weighted by Gasteiger charge is -2.16. The normalized spacial score (nSPS) is 18.2. The van der Waals surface area contributed by atoms with Gasteiger partial charge in [0.05, 0.1) is 10.6 Å². The summed E-state index contributed by atoms with van der Waals surface area (Å²) in [5, 5.41) is 0. The molecule has 1 saturated heterocycles. The van der Waals surface area contributed by atoms with E-state index in [0.717, 1.165) is 16.9 Å². The Morgan fingerprint density at radius 2 is 1.92 bits per heavy atom. The van der Waals surface area contributed by atoms with Gasteiger partial charge in [-0.3, -0.25) is 9.69 Å². The molecule has 0 radical (unpaired) electrons. The molecule has 0 atom stereocenters. The fourth-order valence-corrected chi connectivity index (χ4v) is 3.99. The lowest BCUT2D eigenvalue weighted by Crippen LogP contribution is -2.28. The second kappa shape index (κ2) is 6.46. The maximum atomic E-state index is 14.0. The number of benzene rings is 2. The van der Waals surface area contributed by atoms with Gasteiger partial charge in [0.15, 0.2) is 4.32 Å². The molecule has 0 aromatic heterocycles. The molecule has 2 aliphatic heterocycles. The van der Waals surface area contributed by atoms with E-state index < -0.39 is 5.82 Å². The number of amides is 1. The summed E-state index contributed by atoms with van der Waals surface area (Å²) < 4.78 is 20.0. The highest BCUT2D eigenvalue weighted by Gasteiger charge is 2.34. The number of hydrogen-bond acceptors (Lipinski definition) is 4. The van der Waals surface area contributed by atoms with Gasteiger partial charge in [0, 0.05) is 5.56 Å². The van der Waals surface area contributed by atoms with E-state index in [1.54, 1.807) is 24.3 Å². The first-order valence-electron chi connectivity index (χ1n) is 7.58. The number of carbonyl (C=O) groups excluding carboxylic acids is 1. The van der Waals surface area contributed by atoms with Crippen molar-refractivity contribution in [2.24, 2.45) is 0 Å². The van der Waals surface area contributed by atoms with Gasteiger partial charge in [0.25, 0.3) is 5.91 Å². The minimum absolute atomic E-state index is 0.174. The summed E-state index contributed by atoms with van der Waals surface area (Å²) in [6.07, 6.45) is 3.74. The zero-order chi connectivity index (χ0) is 17.4. The standard InChI is InChI=1S/C19H12FNO2S2/c20-14-6-2-3-7-15(14)21-18(22)17(25-19(21)24)10-12-9-13-5-1-4-8-16(13)23-11-12/h1-10H,11H2/b17-10+. The van der Waals surface area contributed by atoms with Crippen molar-refractivity contribution < 1.29 is 13.9 Å². The molecule has 1 fully saturated rings. The van der Waals surface area contributed by atoms with E-state index in [4.69, 9.17) is 17.0 Å². The van der Waals surface area contributed by atoms with Crippen LogP contribution in [0.5, 0.6) is 5.75 Å². The van der Waals surface area contributed by atoms with Crippen LogP contribution in [0, 0.1) is 5.82 Å². The number of ether oxygens (including phenoxy) is 1. The Bertz CT molecular complexity index is 952. The summed E-state index contributed by atoms with van der Waals surface area (Å²) in [6.45, 7) is 0.376. The van der Waals surface area contributed by atoms with Crippen LogP contribution in [0.25, 0.3) is 6.08 Å². The van der Waals surface area contributed by atoms with Gasteiger partial charge in [-0.25, -0.2) is 4.39 Å². The lowest BCUT2D eigenvalue weighted by atomic mass is 10.1. The average Bonchev–Trinajstić information content (AvgIpc) is 2.89. The predicted octanol–water partition coefficient (Wildman–Crippen LogP) is 4.55. The summed E-state index contributed by atoms with van der Waals surface area (Å²) in [7, 11) is 0. The number of nitrogens with zero attached hydrogens (tertiary/aromatic N) is 1. The van der Waals surface area contributed by atoms with Crippen LogP contribution in [0.3, 0.4) is 0 Å². The summed E-state index contributed by atoms with van der Waals surface area (Å²) >= 11 is 6.44. The fraction of sp³-hybridized carbons (Fsp3) is 0.0526.